The number of fused-ring (bicyclic) bond motifs is 2. The molecule has 3 fully saturated rings. The fourth-order valence-electron chi connectivity index (χ4n) is 10.1. The number of rotatable bonds is 18. The first-order chi connectivity index (χ1) is 35.0. The smallest absolute Gasteiger partial charge is 0.226 e. The first kappa shape index (κ1) is 47.0. The van der Waals surface area contributed by atoms with E-state index in [1.807, 2.05) is 35.6 Å². The second-order valence-corrected chi connectivity index (χ2v) is 18.8. The van der Waals surface area contributed by atoms with Crippen LogP contribution < -0.4 is 21.3 Å². The number of aryl methyl sites for hydroxylation is 2. The molecule has 0 saturated heterocycles. The van der Waals surface area contributed by atoms with Crippen LogP contribution >= 0.6 is 0 Å². The highest BCUT2D eigenvalue weighted by atomic mass is 16.3. The Hall–Kier alpha value is -7.38. The van der Waals surface area contributed by atoms with Gasteiger partial charge in [-0.25, -0.2) is 19.9 Å². The molecule has 3 saturated carbocycles. The van der Waals surface area contributed by atoms with Gasteiger partial charge in [-0.15, -0.1) is 20.4 Å². The summed E-state index contributed by atoms with van der Waals surface area (Å²) in [5, 5.41) is 102. The van der Waals surface area contributed by atoms with Crippen molar-refractivity contribution in [1.82, 2.24) is 98.6 Å². The van der Waals surface area contributed by atoms with E-state index in [4.69, 9.17) is 29.9 Å². The van der Waals surface area contributed by atoms with Gasteiger partial charge in [0.25, 0.3) is 0 Å². The van der Waals surface area contributed by atoms with Gasteiger partial charge in [0.05, 0.1) is 48.8 Å². The van der Waals surface area contributed by atoms with Crippen molar-refractivity contribution in [2.45, 2.75) is 125 Å². The van der Waals surface area contributed by atoms with Crippen LogP contribution in [0, 0.1) is 0 Å². The monoisotopic (exact) mass is 992 g/mol. The molecule has 8 aromatic heterocycles. The summed E-state index contributed by atoms with van der Waals surface area (Å²) in [6.07, 6.45) is 10.5. The van der Waals surface area contributed by atoms with Gasteiger partial charge in [0.2, 0.25) is 11.9 Å². The quantitative estimate of drug-likeness (QED) is 0.0460. The van der Waals surface area contributed by atoms with Gasteiger partial charge >= 0.3 is 0 Å². The molecule has 72 heavy (non-hydrogen) atoms. The standard InChI is InChI=1S/C42H56N24O6/c1-61-13-23(45-17-61)7-9-43-41-51-37(31-39(53-41)63(19-47-31)25-11-27(35(71)33(25)69)65-57-29(15-67)55-59-65)49-21-3-5-22(6-4-21)50-38-32-40(54-42(52-38)44-10-8-24-14-62(2)18-46-24)64(20-48-32)26-12-28(36(72)34(26)70)66-58-30(16-68)56-60-66/h13-14,17-22,25-28,33-36,67-72H,3-12,15-16H2,1-2H3,(H2,43,49,51,53)(H2,44,50,52,54)/t21-,22-,25-,26-,27+,28+,33+,34+,35-,36-/m1/s1. The maximum Gasteiger partial charge on any atom is 0.226 e. The topological polar surface area (TPSA) is 380 Å². The molecule has 0 radical (unpaired) electrons. The molecule has 3 aliphatic rings. The molecule has 0 aromatic carbocycles. The maximum absolute atomic E-state index is 11.4. The number of nitrogens with zero attached hydrogens (tertiary/aromatic N) is 20. The Morgan fingerprint density at radius 1 is 0.542 bits per heavy atom. The van der Waals surface area contributed by atoms with Crippen LogP contribution in [0.5, 0.6) is 0 Å². The lowest BCUT2D eigenvalue weighted by Crippen LogP contribution is -2.33. The molecule has 0 aliphatic heterocycles. The fourth-order valence-corrected chi connectivity index (χ4v) is 10.1. The van der Waals surface area contributed by atoms with E-state index >= 15 is 0 Å². The highest BCUT2D eigenvalue weighted by Crippen LogP contribution is 2.41. The van der Waals surface area contributed by atoms with Gasteiger partial charge in [-0.3, -0.25) is 0 Å². The third kappa shape index (κ3) is 9.22. The zero-order valence-corrected chi connectivity index (χ0v) is 39.4. The molecule has 11 rings (SSSR count). The van der Waals surface area contributed by atoms with Crippen LogP contribution in [0.2, 0.25) is 0 Å². The van der Waals surface area contributed by atoms with Crippen LogP contribution in [0.25, 0.3) is 22.3 Å². The zero-order chi connectivity index (χ0) is 49.6. The van der Waals surface area contributed by atoms with E-state index in [1.165, 1.54) is 9.59 Å². The van der Waals surface area contributed by atoms with Crippen LogP contribution in [-0.4, -0.2) is 179 Å². The summed E-state index contributed by atoms with van der Waals surface area (Å²) >= 11 is 0. The molecule has 0 bridgehead atoms. The van der Waals surface area contributed by atoms with Crippen molar-refractivity contribution in [2.24, 2.45) is 14.1 Å². The summed E-state index contributed by atoms with van der Waals surface area (Å²) in [5.41, 5.74) is 3.73. The van der Waals surface area contributed by atoms with E-state index in [9.17, 15) is 30.6 Å². The average molecular weight is 993 g/mol. The molecule has 30 nitrogen and oxygen atoms in total. The summed E-state index contributed by atoms with van der Waals surface area (Å²) in [6.45, 7) is 0.176. The van der Waals surface area contributed by atoms with Crippen molar-refractivity contribution in [1.29, 1.82) is 0 Å². The van der Waals surface area contributed by atoms with Gasteiger partial charge in [-0.05, 0) is 49.0 Å². The van der Waals surface area contributed by atoms with Crippen molar-refractivity contribution >= 4 is 45.9 Å². The molecule has 10 N–H and O–H groups in total. The van der Waals surface area contributed by atoms with Crippen LogP contribution in [0.3, 0.4) is 0 Å². The Balaban J connectivity index is 0.821. The summed E-state index contributed by atoms with van der Waals surface area (Å²) < 4.78 is 7.29. The summed E-state index contributed by atoms with van der Waals surface area (Å²) in [7, 11) is 3.83. The molecule has 3 aliphatic carbocycles. The summed E-state index contributed by atoms with van der Waals surface area (Å²) in [6, 6.07) is -2.72. The van der Waals surface area contributed by atoms with E-state index in [-0.39, 0.29) is 36.6 Å². The lowest BCUT2D eigenvalue weighted by Gasteiger charge is -2.30. The minimum Gasteiger partial charge on any atom is -0.388 e. The second-order valence-electron chi connectivity index (χ2n) is 18.8. The number of aliphatic hydroxyl groups is 6. The normalized spacial score (nSPS) is 25.5. The molecule has 0 spiro atoms. The molecule has 30 heteroatoms. The Labute approximate surface area is 408 Å². The van der Waals surface area contributed by atoms with Crippen molar-refractivity contribution in [3.63, 3.8) is 0 Å². The Morgan fingerprint density at radius 3 is 1.33 bits per heavy atom. The first-order valence-corrected chi connectivity index (χ1v) is 23.9. The van der Waals surface area contributed by atoms with E-state index in [0.717, 1.165) is 37.1 Å². The van der Waals surface area contributed by atoms with Crippen molar-refractivity contribution < 1.29 is 30.6 Å². The molecule has 8 aromatic rings. The summed E-state index contributed by atoms with van der Waals surface area (Å²) in [5.74, 6) is 1.96. The lowest BCUT2D eigenvalue weighted by molar-refractivity contribution is 0.00469. The Bertz CT molecular complexity index is 2930. The Kier molecular flexibility index (Phi) is 12.8. The molecule has 8 atom stereocenters. The highest BCUT2D eigenvalue weighted by Gasteiger charge is 2.47. The predicted octanol–water partition coefficient (Wildman–Crippen LogP) is -1.65. The number of imidazole rings is 4. The highest BCUT2D eigenvalue weighted by molar-refractivity contribution is 5.85. The van der Waals surface area contributed by atoms with Crippen LogP contribution in [0.15, 0.2) is 37.7 Å². The zero-order valence-electron chi connectivity index (χ0n) is 39.4. The maximum atomic E-state index is 11.4. The molecule has 0 unspecified atom stereocenters. The number of hydrogen-bond donors (Lipinski definition) is 10. The van der Waals surface area contributed by atoms with Crippen molar-refractivity contribution in [3.8, 4) is 0 Å². The van der Waals surface area contributed by atoms with Gasteiger partial charge in [0.1, 0.15) is 49.7 Å². The third-order valence-corrected chi connectivity index (χ3v) is 13.9. The number of aliphatic hydroxyl groups excluding tert-OH is 6. The largest absolute Gasteiger partial charge is 0.388 e. The van der Waals surface area contributed by atoms with E-state index in [1.54, 1.807) is 34.4 Å². The summed E-state index contributed by atoms with van der Waals surface area (Å²) in [4.78, 5) is 40.4. The van der Waals surface area contributed by atoms with Gasteiger partial charge in [-0.1, -0.05) is 0 Å². The number of nitrogens with one attached hydrogen (secondary N) is 4. The van der Waals surface area contributed by atoms with Crippen LogP contribution in [-0.2, 0) is 40.2 Å². The number of anilines is 4. The molecule has 8 heterocycles. The van der Waals surface area contributed by atoms with Gasteiger partial charge in [0, 0.05) is 64.5 Å². The Morgan fingerprint density at radius 2 is 0.958 bits per heavy atom. The minimum atomic E-state index is -1.23. The first-order valence-electron chi connectivity index (χ1n) is 23.9. The number of aromatic nitrogens is 20. The van der Waals surface area contributed by atoms with Crippen molar-refractivity contribution in [2.75, 3.05) is 34.4 Å². The third-order valence-electron chi connectivity index (χ3n) is 13.9. The minimum absolute atomic E-state index is 0.000311. The van der Waals surface area contributed by atoms with E-state index in [2.05, 4.69) is 62.1 Å². The van der Waals surface area contributed by atoms with Crippen molar-refractivity contribution in [3.05, 3.63) is 60.7 Å². The van der Waals surface area contributed by atoms with E-state index in [0.29, 0.717) is 71.8 Å². The van der Waals surface area contributed by atoms with Crippen LogP contribution in [0.1, 0.15) is 85.7 Å². The number of tetrazole rings is 2. The fraction of sp³-hybridized carbons (Fsp3) is 0.571. The second kappa shape index (κ2) is 19.7. The van der Waals surface area contributed by atoms with Crippen LogP contribution in [0.4, 0.5) is 23.5 Å². The van der Waals surface area contributed by atoms with Gasteiger partial charge < -0.3 is 70.2 Å². The van der Waals surface area contributed by atoms with E-state index < -0.39 is 61.8 Å². The van der Waals surface area contributed by atoms with Gasteiger partial charge in [-0.2, -0.15) is 29.5 Å². The average Bonchev–Trinajstić information content (AvgIpc) is 4.26. The lowest BCUT2D eigenvalue weighted by atomic mass is 9.91. The molecular weight excluding hydrogens is 937 g/mol. The SMILES string of the molecule is Cn1cnc(CCNc2nc(N[C@H]3CC[C@H](Nc4nc(NCCc5cn(C)cn5)nc5c4ncn5[C@@H]4C[C@H](n5nnc(CO)n5)[C@@H](O)[C@H]4O)CC3)c3ncn([C@@H]4C[C@H](n5nnc(CO)n5)[C@@H](O)[C@H]4O)c3n2)c1. The predicted molar refractivity (Wildman–Crippen MR) is 252 cm³/mol. The molecular formula is C42H56N24O6. The molecule has 0 amide bonds. The molecule has 380 valence electrons. The number of hydrogen-bond acceptors (Lipinski definition) is 24. The van der Waals surface area contributed by atoms with Gasteiger partial charge in [0.15, 0.2) is 45.6 Å².